The van der Waals surface area contributed by atoms with Crippen LogP contribution in [0.4, 0.5) is 0 Å². The minimum Gasteiger partial charge on any atom is -0.326 e. The van der Waals surface area contributed by atoms with Crippen LogP contribution in [0.25, 0.3) is 0 Å². The van der Waals surface area contributed by atoms with Crippen molar-refractivity contribution in [2.24, 2.45) is 5.73 Å². The van der Waals surface area contributed by atoms with Crippen molar-refractivity contribution in [3.8, 4) is 0 Å². The number of hydrogen-bond acceptors (Lipinski definition) is 3. The fraction of sp³-hybridized carbons (Fsp3) is 1.00. The van der Waals surface area contributed by atoms with Crippen LogP contribution in [0.15, 0.2) is 0 Å². The van der Waals surface area contributed by atoms with Gasteiger partial charge >= 0.3 is 0 Å². The zero-order valence-corrected chi connectivity index (χ0v) is 11.5. The van der Waals surface area contributed by atoms with E-state index < -0.39 is 0 Å². The highest BCUT2D eigenvalue weighted by Gasteiger charge is 2.22. The van der Waals surface area contributed by atoms with Gasteiger partial charge in [0, 0.05) is 11.6 Å². The minimum atomic E-state index is -0.0294. The molecule has 0 spiro atoms. The molecule has 1 saturated heterocycles. The monoisotopic (exact) mass is 227 g/mol. The maximum Gasteiger partial charge on any atom is 0.0117 e. The van der Waals surface area contributed by atoms with Crippen molar-refractivity contribution < 1.29 is 0 Å². The van der Waals surface area contributed by atoms with Gasteiger partial charge in [0.1, 0.15) is 0 Å². The maximum absolute atomic E-state index is 6.02. The smallest absolute Gasteiger partial charge is 0.0117 e. The van der Waals surface area contributed by atoms with E-state index in [9.17, 15) is 0 Å². The molecule has 2 N–H and O–H groups in total. The Morgan fingerprint density at radius 3 is 2.31 bits per heavy atom. The molecule has 3 nitrogen and oxygen atoms in total. The van der Waals surface area contributed by atoms with Crippen molar-refractivity contribution in [2.45, 2.75) is 51.6 Å². The molecule has 1 fully saturated rings. The summed E-state index contributed by atoms with van der Waals surface area (Å²) >= 11 is 0. The molecule has 1 aliphatic rings. The summed E-state index contributed by atoms with van der Waals surface area (Å²) in [5.74, 6) is 0. The van der Waals surface area contributed by atoms with E-state index in [0.29, 0.717) is 0 Å². The van der Waals surface area contributed by atoms with E-state index >= 15 is 0 Å². The van der Waals surface area contributed by atoms with Gasteiger partial charge in [-0.3, -0.25) is 0 Å². The third kappa shape index (κ3) is 4.81. The second-order valence-corrected chi connectivity index (χ2v) is 5.88. The first-order valence-corrected chi connectivity index (χ1v) is 6.64. The van der Waals surface area contributed by atoms with E-state index in [1.54, 1.807) is 0 Å². The van der Waals surface area contributed by atoms with E-state index in [4.69, 9.17) is 5.73 Å². The van der Waals surface area contributed by atoms with E-state index in [0.717, 1.165) is 19.0 Å². The molecule has 0 atom stereocenters. The van der Waals surface area contributed by atoms with Gasteiger partial charge in [0.15, 0.2) is 0 Å². The summed E-state index contributed by atoms with van der Waals surface area (Å²) in [6.07, 6.45) is 3.71. The van der Waals surface area contributed by atoms with Crippen molar-refractivity contribution in [1.29, 1.82) is 0 Å². The molecule has 0 aromatic rings. The van der Waals surface area contributed by atoms with E-state index in [1.165, 1.54) is 32.5 Å². The van der Waals surface area contributed by atoms with Crippen LogP contribution in [-0.4, -0.2) is 54.6 Å². The molecule has 0 radical (unpaired) electrons. The summed E-state index contributed by atoms with van der Waals surface area (Å²) in [6, 6.07) is 0.769. The fourth-order valence-corrected chi connectivity index (χ4v) is 2.32. The van der Waals surface area contributed by atoms with Crippen LogP contribution in [0.3, 0.4) is 0 Å². The summed E-state index contributed by atoms with van der Waals surface area (Å²) in [6.45, 7) is 11.3. The zero-order valence-electron chi connectivity index (χ0n) is 11.5. The molecular formula is C13H29N3. The Morgan fingerprint density at radius 1 is 1.31 bits per heavy atom. The Hall–Kier alpha value is -0.120. The molecule has 3 heteroatoms. The predicted molar refractivity (Wildman–Crippen MR) is 70.6 cm³/mol. The first-order valence-electron chi connectivity index (χ1n) is 6.64. The van der Waals surface area contributed by atoms with Gasteiger partial charge in [-0.05, 0) is 66.3 Å². The van der Waals surface area contributed by atoms with E-state index in [1.807, 2.05) is 0 Å². The highest BCUT2D eigenvalue weighted by atomic mass is 15.2. The summed E-state index contributed by atoms with van der Waals surface area (Å²) in [4.78, 5) is 5.04. The molecule has 1 heterocycles. The number of piperidine rings is 1. The lowest BCUT2D eigenvalue weighted by molar-refractivity contribution is 0.126. The van der Waals surface area contributed by atoms with Crippen molar-refractivity contribution in [1.82, 2.24) is 9.80 Å². The van der Waals surface area contributed by atoms with Crippen LogP contribution in [0.1, 0.15) is 40.0 Å². The Balaban J connectivity index is 2.25. The van der Waals surface area contributed by atoms with Crippen molar-refractivity contribution in [3.05, 3.63) is 0 Å². The van der Waals surface area contributed by atoms with Crippen LogP contribution in [0.5, 0.6) is 0 Å². The lowest BCUT2D eigenvalue weighted by Crippen LogP contribution is -2.45. The van der Waals surface area contributed by atoms with Crippen LogP contribution >= 0.6 is 0 Å². The van der Waals surface area contributed by atoms with E-state index in [2.05, 4.69) is 37.6 Å². The van der Waals surface area contributed by atoms with Crippen LogP contribution in [0, 0.1) is 0 Å². The van der Waals surface area contributed by atoms with Crippen molar-refractivity contribution in [3.63, 3.8) is 0 Å². The molecule has 0 bridgehead atoms. The molecule has 96 valence electrons. The van der Waals surface area contributed by atoms with Crippen LogP contribution < -0.4 is 5.73 Å². The number of nitrogens with zero attached hydrogens (tertiary/aromatic N) is 2. The molecule has 0 unspecified atom stereocenters. The first kappa shape index (κ1) is 13.9. The SMILES string of the molecule is CCN1CCC(N(C)CCC(C)(C)N)CC1. The topological polar surface area (TPSA) is 32.5 Å². The number of likely N-dealkylation sites (tertiary alicyclic amines) is 1. The molecular weight excluding hydrogens is 198 g/mol. The van der Waals surface area contributed by atoms with Gasteiger partial charge < -0.3 is 15.5 Å². The van der Waals surface area contributed by atoms with Crippen molar-refractivity contribution >= 4 is 0 Å². The Kier molecular flexibility index (Phi) is 5.22. The Morgan fingerprint density at radius 2 is 1.88 bits per heavy atom. The molecule has 16 heavy (non-hydrogen) atoms. The standard InChI is InChI=1S/C13H29N3/c1-5-16-9-6-12(7-10-16)15(4)11-8-13(2,3)14/h12H,5-11,14H2,1-4H3. The molecule has 0 saturated carbocycles. The normalized spacial score (nSPS) is 20.6. The van der Waals surface area contributed by atoms with E-state index in [-0.39, 0.29) is 5.54 Å². The molecule has 0 aliphatic carbocycles. The van der Waals surface area contributed by atoms with Gasteiger partial charge in [-0.25, -0.2) is 0 Å². The molecule has 0 aromatic carbocycles. The third-order valence-corrected chi connectivity index (χ3v) is 3.74. The number of rotatable bonds is 5. The molecule has 0 aromatic heterocycles. The Labute approximate surface area is 101 Å². The Bertz CT molecular complexity index is 190. The maximum atomic E-state index is 6.02. The second-order valence-electron chi connectivity index (χ2n) is 5.88. The highest BCUT2D eigenvalue weighted by molar-refractivity contribution is 4.80. The summed E-state index contributed by atoms with van der Waals surface area (Å²) in [5, 5.41) is 0. The second kappa shape index (κ2) is 5.99. The summed E-state index contributed by atoms with van der Waals surface area (Å²) in [5.41, 5.74) is 5.99. The lowest BCUT2D eigenvalue weighted by atomic mass is 9.99. The predicted octanol–water partition coefficient (Wildman–Crippen LogP) is 1.53. The van der Waals surface area contributed by atoms with Gasteiger partial charge in [0.2, 0.25) is 0 Å². The zero-order chi connectivity index (χ0) is 12.2. The van der Waals surface area contributed by atoms with Crippen LogP contribution in [0.2, 0.25) is 0 Å². The largest absolute Gasteiger partial charge is 0.326 e. The van der Waals surface area contributed by atoms with Gasteiger partial charge in [-0.15, -0.1) is 0 Å². The lowest BCUT2D eigenvalue weighted by Gasteiger charge is -2.37. The minimum absolute atomic E-state index is 0.0294. The van der Waals surface area contributed by atoms with Gasteiger partial charge in [-0.1, -0.05) is 6.92 Å². The fourth-order valence-electron chi connectivity index (χ4n) is 2.32. The molecule has 1 rings (SSSR count). The highest BCUT2D eigenvalue weighted by Crippen LogP contribution is 2.16. The van der Waals surface area contributed by atoms with Gasteiger partial charge in [-0.2, -0.15) is 0 Å². The van der Waals surface area contributed by atoms with Crippen LogP contribution in [-0.2, 0) is 0 Å². The summed E-state index contributed by atoms with van der Waals surface area (Å²) < 4.78 is 0. The van der Waals surface area contributed by atoms with Gasteiger partial charge in [0.25, 0.3) is 0 Å². The summed E-state index contributed by atoms with van der Waals surface area (Å²) in [7, 11) is 2.25. The van der Waals surface area contributed by atoms with Gasteiger partial charge in [0.05, 0.1) is 0 Å². The third-order valence-electron chi connectivity index (χ3n) is 3.74. The molecule has 0 amide bonds. The molecule has 1 aliphatic heterocycles. The average Bonchev–Trinajstić information content (AvgIpc) is 2.25. The van der Waals surface area contributed by atoms with Crippen molar-refractivity contribution in [2.75, 3.05) is 33.2 Å². The average molecular weight is 227 g/mol. The number of nitrogens with two attached hydrogens (primary N) is 1. The first-order chi connectivity index (χ1) is 7.42. The number of hydrogen-bond donors (Lipinski definition) is 1. The quantitative estimate of drug-likeness (QED) is 0.773.